The third-order valence-corrected chi connectivity index (χ3v) is 5.02. The highest BCUT2D eigenvalue weighted by atomic mass is 32.2. The molecule has 1 aromatic carbocycles. The Morgan fingerprint density at radius 1 is 1.36 bits per heavy atom. The fourth-order valence-electron chi connectivity index (χ4n) is 2.65. The van der Waals surface area contributed by atoms with Crippen molar-refractivity contribution in [1.29, 1.82) is 0 Å². The second-order valence-electron chi connectivity index (χ2n) is 5.34. The average Bonchev–Trinajstić information content (AvgIpc) is 3.15. The van der Waals surface area contributed by atoms with Crippen LogP contribution in [0.5, 0.6) is 0 Å². The summed E-state index contributed by atoms with van der Waals surface area (Å²) in [5.41, 5.74) is 0.849. The molecule has 0 aliphatic carbocycles. The molecule has 3 rings (SSSR count). The summed E-state index contributed by atoms with van der Waals surface area (Å²) >= 11 is 0. The van der Waals surface area contributed by atoms with Crippen LogP contribution in [0.25, 0.3) is 11.5 Å². The lowest BCUT2D eigenvalue weighted by Crippen LogP contribution is -2.38. The predicted molar refractivity (Wildman–Crippen MR) is 82.8 cm³/mol. The Kier molecular flexibility index (Phi) is 4.12. The van der Waals surface area contributed by atoms with E-state index < -0.39 is 10.0 Å². The summed E-state index contributed by atoms with van der Waals surface area (Å²) in [5.74, 6) is 0.814. The molecule has 1 saturated heterocycles. The molecule has 1 N–H and O–H groups in total. The Morgan fingerprint density at radius 3 is 2.86 bits per heavy atom. The highest BCUT2D eigenvalue weighted by Gasteiger charge is 2.31. The maximum absolute atomic E-state index is 11.7. The molecule has 2 heterocycles. The number of rotatable bonds is 5. The smallest absolute Gasteiger partial charge is 0.263 e. The lowest BCUT2D eigenvalue weighted by molar-refractivity contribution is 0.400. The first-order chi connectivity index (χ1) is 10.5. The zero-order valence-corrected chi connectivity index (χ0v) is 13.1. The van der Waals surface area contributed by atoms with Crippen LogP contribution in [-0.4, -0.2) is 48.3 Å². The maximum atomic E-state index is 11.7. The first kappa shape index (κ1) is 15.0. The largest absolute Gasteiger partial charge is 0.350 e. The number of sulfonamides is 1. The summed E-state index contributed by atoms with van der Waals surface area (Å²) in [4.78, 5) is 4.27. The van der Waals surface area contributed by atoms with Crippen LogP contribution in [0.1, 0.15) is 12.8 Å². The van der Waals surface area contributed by atoms with Crippen LogP contribution in [0.3, 0.4) is 0 Å². The molecule has 118 valence electrons. The molecule has 0 spiro atoms. The van der Waals surface area contributed by atoms with Crippen LogP contribution in [0, 0.1) is 0 Å². The Morgan fingerprint density at radius 2 is 2.14 bits per heavy atom. The summed E-state index contributed by atoms with van der Waals surface area (Å²) in [6, 6.07) is 9.43. The number of anilines is 1. The molecule has 1 aliphatic heterocycles. The molecule has 1 aromatic heterocycles. The molecule has 2 aromatic rings. The highest BCUT2D eigenvalue weighted by Crippen LogP contribution is 2.21. The minimum Gasteiger partial charge on any atom is -0.350 e. The maximum Gasteiger partial charge on any atom is 0.263 e. The standard InChI is InChI=1S/C14H18N4O3S/c1-22(19,20)18-9-5-8-12(18)10-15-14-16-13(21-17-14)11-6-3-2-4-7-11/h2-4,6-7,12H,5,8-10H2,1H3,(H,15,17)/t12-/m1/s1. The van der Waals surface area contributed by atoms with Crippen molar-refractivity contribution in [3.8, 4) is 11.5 Å². The lowest BCUT2D eigenvalue weighted by atomic mass is 10.2. The van der Waals surface area contributed by atoms with E-state index in [4.69, 9.17) is 4.52 Å². The van der Waals surface area contributed by atoms with Crippen molar-refractivity contribution in [3.63, 3.8) is 0 Å². The Bertz CT molecular complexity index is 730. The van der Waals surface area contributed by atoms with Gasteiger partial charge in [0.1, 0.15) is 0 Å². The minimum absolute atomic E-state index is 0.0614. The SMILES string of the molecule is CS(=O)(=O)N1CCC[C@@H]1CNc1noc(-c2ccccc2)n1. The van der Waals surface area contributed by atoms with Gasteiger partial charge in [0.25, 0.3) is 11.8 Å². The molecule has 0 saturated carbocycles. The van der Waals surface area contributed by atoms with Gasteiger partial charge in [-0.25, -0.2) is 8.42 Å². The van der Waals surface area contributed by atoms with Crippen molar-refractivity contribution < 1.29 is 12.9 Å². The third-order valence-electron chi connectivity index (χ3n) is 3.69. The summed E-state index contributed by atoms with van der Waals surface area (Å²) in [6.45, 7) is 1.05. The zero-order valence-electron chi connectivity index (χ0n) is 12.3. The number of benzene rings is 1. The lowest BCUT2D eigenvalue weighted by Gasteiger charge is -2.21. The second kappa shape index (κ2) is 6.05. The molecular weight excluding hydrogens is 304 g/mol. The number of aromatic nitrogens is 2. The van der Waals surface area contributed by atoms with Crippen LogP contribution >= 0.6 is 0 Å². The fourth-order valence-corrected chi connectivity index (χ4v) is 3.83. The first-order valence-corrected chi connectivity index (χ1v) is 8.99. The summed E-state index contributed by atoms with van der Waals surface area (Å²) in [5, 5.41) is 6.93. The zero-order chi connectivity index (χ0) is 15.6. The molecular formula is C14H18N4O3S. The van der Waals surface area contributed by atoms with Crippen molar-refractivity contribution in [2.75, 3.05) is 24.7 Å². The molecule has 0 unspecified atom stereocenters. The van der Waals surface area contributed by atoms with Gasteiger partial charge in [0.15, 0.2) is 0 Å². The molecule has 8 heteroatoms. The molecule has 1 fully saturated rings. The van der Waals surface area contributed by atoms with Gasteiger partial charge in [-0.3, -0.25) is 0 Å². The highest BCUT2D eigenvalue weighted by molar-refractivity contribution is 7.88. The minimum atomic E-state index is -3.16. The summed E-state index contributed by atoms with van der Waals surface area (Å²) in [7, 11) is -3.16. The van der Waals surface area contributed by atoms with E-state index in [0.717, 1.165) is 18.4 Å². The Balaban J connectivity index is 1.64. The van der Waals surface area contributed by atoms with Gasteiger partial charge in [-0.05, 0) is 30.1 Å². The Hall–Kier alpha value is -1.93. The van der Waals surface area contributed by atoms with Crippen molar-refractivity contribution in [2.24, 2.45) is 0 Å². The van der Waals surface area contributed by atoms with Crippen molar-refractivity contribution in [1.82, 2.24) is 14.4 Å². The quantitative estimate of drug-likeness (QED) is 0.899. The molecule has 0 amide bonds. The van der Waals surface area contributed by atoms with Crippen molar-refractivity contribution in [3.05, 3.63) is 30.3 Å². The van der Waals surface area contributed by atoms with Crippen LogP contribution in [-0.2, 0) is 10.0 Å². The van der Waals surface area contributed by atoms with E-state index in [2.05, 4.69) is 15.5 Å². The van der Waals surface area contributed by atoms with E-state index in [9.17, 15) is 8.42 Å². The topological polar surface area (TPSA) is 88.3 Å². The van der Waals surface area contributed by atoms with Crippen LogP contribution in [0.4, 0.5) is 5.95 Å². The molecule has 1 atom stereocenters. The number of hydrogen-bond donors (Lipinski definition) is 1. The van der Waals surface area contributed by atoms with Crippen LogP contribution in [0.15, 0.2) is 34.9 Å². The monoisotopic (exact) mass is 322 g/mol. The average molecular weight is 322 g/mol. The van der Waals surface area contributed by atoms with Crippen LogP contribution in [0.2, 0.25) is 0 Å². The van der Waals surface area contributed by atoms with Crippen LogP contribution < -0.4 is 5.32 Å². The molecule has 7 nitrogen and oxygen atoms in total. The molecule has 0 bridgehead atoms. The van der Waals surface area contributed by atoms with Gasteiger partial charge >= 0.3 is 0 Å². The summed E-state index contributed by atoms with van der Waals surface area (Å²) < 4.78 is 30.1. The number of nitrogens with zero attached hydrogens (tertiary/aromatic N) is 3. The van der Waals surface area contributed by atoms with Gasteiger partial charge in [-0.15, -0.1) is 0 Å². The van der Waals surface area contributed by atoms with E-state index in [-0.39, 0.29) is 6.04 Å². The van der Waals surface area contributed by atoms with Gasteiger partial charge in [-0.2, -0.15) is 9.29 Å². The van der Waals surface area contributed by atoms with E-state index >= 15 is 0 Å². The van der Waals surface area contributed by atoms with E-state index in [0.29, 0.717) is 24.9 Å². The predicted octanol–water partition coefficient (Wildman–Crippen LogP) is 1.57. The molecule has 1 aliphatic rings. The second-order valence-corrected chi connectivity index (χ2v) is 7.27. The van der Waals surface area contributed by atoms with Crippen molar-refractivity contribution in [2.45, 2.75) is 18.9 Å². The third kappa shape index (κ3) is 3.28. The van der Waals surface area contributed by atoms with Gasteiger partial charge in [0.05, 0.1) is 6.26 Å². The Labute approximate surface area is 129 Å². The number of hydrogen-bond acceptors (Lipinski definition) is 6. The fraction of sp³-hybridized carbons (Fsp3) is 0.429. The van der Waals surface area contributed by atoms with E-state index in [1.165, 1.54) is 10.6 Å². The normalized spacial score (nSPS) is 19.4. The first-order valence-electron chi connectivity index (χ1n) is 7.14. The van der Waals surface area contributed by atoms with Gasteiger partial charge < -0.3 is 9.84 Å². The molecule has 22 heavy (non-hydrogen) atoms. The van der Waals surface area contributed by atoms with Gasteiger partial charge in [-0.1, -0.05) is 18.2 Å². The van der Waals surface area contributed by atoms with Crippen molar-refractivity contribution >= 4 is 16.0 Å². The van der Waals surface area contributed by atoms with Gasteiger partial charge in [0.2, 0.25) is 10.0 Å². The van der Waals surface area contributed by atoms with E-state index in [1.54, 1.807) is 0 Å². The number of nitrogens with one attached hydrogen (secondary N) is 1. The van der Waals surface area contributed by atoms with E-state index in [1.807, 2.05) is 30.3 Å². The summed E-state index contributed by atoms with van der Waals surface area (Å²) in [6.07, 6.45) is 2.96. The van der Waals surface area contributed by atoms with Gasteiger partial charge in [0, 0.05) is 24.7 Å². The molecule has 0 radical (unpaired) electrons.